The van der Waals surface area contributed by atoms with Crippen molar-refractivity contribution in [2.24, 2.45) is 0 Å². The average Bonchev–Trinajstić information content (AvgIpc) is 3.90. The molecule has 2 saturated carbocycles. The maximum absolute atomic E-state index is 7.37. The van der Waals surface area contributed by atoms with Crippen molar-refractivity contribution in [2.45, 2.75) is 141 Å². The van der Waals surface area contributed by atoms with Crippen LogP contribution in [0.4, 0.5) is 0 Å². The number of rotatable bonds is 10. The zero-order valence-corrected chi connectivity index (χ0v) is 39.7. The Morgan fingerprint density at radius 3 is 1.75 bits per heavy atom. The van der Waals surface area contributed by atoms with E-state index in [2.05, 4.69) is 117 Å². The Kier molecular flexibility index (Phi) is 14.8. The molecule has 15 heteroatoms. The van der Waals surface area contributed by atoms with Gasteiger partial charge in [0.1, 0.15) is 24.6 Å². The van der Waals surface area contributed by atoms with E-state index in [1.807, 2.05) is 62.4 Å². The van der Waals surface area contributed by atoms with E-state index in [0.29, 0.717) is 23.6 Å². The van der Waals surface area contributed by atoms with E-state index >= 15 is 0 Å². The van der Waals surface area contributed by atoms with E-state index in [0.717, 1.165) is 11.6 Å². The number of hydrogen-bond acceptors (Lipinski definition) is 9. The van der Waals surface area contributed by atoms with Crippen LogP contribution >= 0.6 is 0 Å². The van der Waals surface area contributed by atoms with Crippen LogP contribution in [0.3, 0.4) is 0 Å². The fourth-order valence-corrected chi connectivity index (χ4v) is 9.13. The van der Waals surface area contributed by atoms with Gasteiger partial charge in [-0.05, 0) is 112 Å². The van der Waals surface area contributed by atoms with Gasteiger partial charge in [-0.2, -0.15) is 4.68 Å². The van der Waals surface area contributed by atoms with Crippen LogP contribution in [0.5, 0.6) is 0 Å². The summed E-state index contributed by atoms with van der Waals surface area (Å²) < 4.78 is 32.4. The van der Waals surface area contributed by atoms with Gasteiger partial charge in [0.05, 0.1) is 24.8 Å². The summed E-state index contributed by atoms with van der Waals surface area (Å²) in [5.74, 6) is 1.54. The molecule has 300 valence electrons. The summed E-state index contributed by atoms with van der Waals surface area (Å²) in [7, 11) is -6.73. The summed E-state index contributed by atoms with van der Waals surface area (Å²) in [5.41, 5.74) is 2.04. The van der Waals surface area contributed by atoms with Crippen LogP contribution in [-0.4, -0.2) is 84.4 Å². The van der Waals surface area contributed by atoms with Crippen LogP contribution < -0.4 is 0 Å². The van der Waals surface area contributed by atoms with E-state index < -0.39 is 37.3 Å². The molecule has 3 aromatic rings. The summed E-state index contributed by atoms with van der Waals surface area (Å²) in [6.45, 7) is 34.5. The van der Waals surface area contributed by atoms with Crippen molar-refractivity contribution in [2.75, 3.05) is 6.61 Å². The molecule has 0 unspecified atom stereocenters. The van der Waals surface area contributed by atoms with Crippen molar-refractivity contribution in [3.05, 3.63) is 88.3 Å². The molecule has 0 spiro atoms. The smallest absolute Gasteiger partial charge is 0.414 e. The topological polar surface area (TPSA) is 111 Å². The molecule has 3 fully saturated rings. The third-order valence-corrected chi connectivity index (χ3v) is 25.5. The Morgan fingerprint density at radius 2 is 1.22 bits per heavy atom. The summed E-state index contributed by atoms with van der Waals surface area (Å²) in [4.78, 5) is 14.3. The molecule has 0 amide bonds. The van der Waals surface area contributed by atoms with E-state index in [9.17, 15) is 0 Å². The molecular weight excluding hydrogens is 783 g/mol. The molecule has 3 aromatic heterocycles. The molecule has 4 atom stereocenters. The first-order chi connectivity index (χ1) is 25.0. The molecule has 0 bridgehead atoms. The van der Waals surface area contributed by atoms with Gasteiger partial charge in [-0.3, -0.25) is 4.57 Å². The molecule has 1 saturated heterocycles. The number of imidazole rings is 1. The van der Waals surface area contributed by atoms with Gasteiger partial charge in [0.25, 0.3) is 0 Å². The Balaban J connectivity index is 0.00000104. The van der Waals surface area contributed by atoms with Crippen molar-refractivity contribution in [1.82, 2.24) is 34.5 Å². The standard InChI is InChI=1S/C35H58N7O4Si3.C5H5.Fe/c1-33(2,3)47(10,11)43-21-26-28(45-48(12,13)34(4,5)6)29(46-49(14,15)35(7,8)9)32(44-26)41-23-38-27-30(41)36-22-37-31(27)42-25(20-39-40-42)24-18-16-17-19-24;1-2-4-5-3-1;/h16-20,22-23,26,28-29,32H,21H2,1-15H3;1-5H;/q;;+2/t26-,28-,29-,32-;;/m1../s1. The van der Waals surface area contributed by atoms with Crippen LogP contribution in [0.1, 0.15) is 74.2 Å². The van der Waals surface area contributed by atoms with Crippen molar-refractivity contribution >= 4 is 36.1 Å². The van der Waals surface area contributed by atoms with Crippen LogP contribution in [0.25, 0.3) is 17.0 Å². The quantitative estimate of drug-likeness (QED) is 0.185. The number of aromatic nitrogens is 7. The van der Waals surface area contributed by atoms with Gasteiger partial charge in [0, 0.05) is 5.92 Å². The number of nitrogens with zero attached hydrogens (tertiary/aromatic N) is 7. The minimum Gasteiger partial charge on any atom is -0.414 e. The molecule has 3 aliphatic rings. The van der Waals surface area contributed by atoms with Gasteiger partial charge in [0.15, 0.2) is 48.2 Å². The molecule has 4 heterocycles. The molecule has 10 radical (unpaired) electrons. The van der Waals surface area contributed by atoms with Crippen molar-refractivity contribution in [3.63, 3.8) is 0 Å². The molecule has 0 N–H and O–H groups in total. The van der Waals surface area contributed by atoms with Crippen molar-refractivity contribution in [1.29, 1.82) is 0 Å². The van der Waals surface area contributed by atoms with Gasteiger partial charge >= 0.3 is 17.1 Å². The second kappa shape index (κ2) is 17.5. The number of fused-ring (bicyclic) bond motifs is 1. The number of ether oxygens (including phenoxy) is 1. The normalized spacial score (nSPS) is 23.3. The van der Waals surface area contributed by atoms with Crippen molar-refractivity contribution < 1.29 is 35.1 Å². The minimum atomic E-state index is -2.33. The first kappa shape index (κ1) is 46.4. The van der Waals surface area contributed by atoms with Crippen LogP contribution in [0.2, 0.25) is 54.4 Å². The first-order valence-corrected chi connectivity index (χ1v) is 27.8. The zero-order valence-electron chi connectivity index (χ0n) is 35.6. The predicted molar refractivity (Wildman–Crippen MR) is 222 cm³/mol. The predicted octanol–water partition coefficient (Wildman–Crippen LogP) is 8.88. The van der Waals surface area contributed by atoms with Gasteiger partial charge in [-0.1, -0.05) is 67.5 Å². The third-order valence-electron chi connectivity index (χ3n) is 12.1. The molecule has 1 aliphatic heterocycles. The second-order valence-electron chi connectivity index (χ2n) is 19.0. The first-order valence-electron chi connectivity index (χ1n) is 19.1. The average molecular weight is 846 g/mol. The molecule has 0 aromatic carbocycles. The summed E-state index contributed by atoms with van der Waals surface area (Å²) in [6, 6.07) is 0. The summed E-state index contributed by atoms with van der Waals surface area (Å²) in [6.07, 6.45) is 21.4. The molecule has 6 rings (SSSR count). The molecule has 11 nitrogen and oxygen atoms in total. The zero-order chi connectivity index (χ0) is 39.9. The molecular formula is C40H63FeN7O4Si3+2. The van der Waals surface area contributed by atoms with Gasteiger partial charge < -0.3 is 18.0 Å². The summed E-state index contributed by atoms with van der Waals surface area (Å²) in [5, 5.41) is 8.60. The Morgan fingerprint density at radius 1 is 0.691 bits per heavy atom. The van der Waals surface area contributed by atoms with Gasteiger partial charge in [-0.15, -0.1) is 5.10 Å². The Bertz CT molecular complexity index is 1680. The largest absolute Gasteiger partial charge is 2.00 e. The monoisotopic (exact) mass is 845 g/mol. The van der Waals surface area contributed by atoms with Gasteiger partial charge in [0.2, 0.25) is 0 Å². The number of hydrogen-bond donors (Lipinski definition) is 0. The maximum atomic E-state index is 7.37. The second-order valence-corrected chi connectivity index (χ2v) is 33.3. The molecule has 2 aliphatic carbocycles. The Hall–Kier alpha value is -1.30. The van der Waals surface area contributed by atoms with E-state index in [1.54, 1.807) is 23.5 Å². The van der Waals surface area contributed by atoms with Crippen LogP contribution in [0.15, 0.2) is 18.9 Å². The molecule has 55 heavy (non-hydrogen) atoms. The van der Waals surface area contributed by atoms with Gasteiger partial charge in [-0.25, -0.2) is 15.0 Å². The fraction of sp³-hybridized carbons (Fsp3) is 0.575. The van der Waals surface area contributed by atoms with E-state index in [4.69, 9.17) is 28.0 Å². The minimum absolute atomic E-state index is 0. The fourth-order valence-electron chi connectivity index (χ4n) is 5.51. The van der Waals surface area contributed by atoms with Crippen molar-refractivity contribution in [3.8, 4) is 5.82 Å². The third kappa shape index (κ3) is 10.3. The maximum Gasteiger partial charge on any atom is 2.00 e. The van der Waals surface area contributed by atoms with E-state index in [1.165, 1.54) is 0 Å². The SMILES string of the molecule is CC(C)(C)[Si](C)(C)OC[C@H]1O[C@@H](n2cnc3c(-n4nncc4[C]4[CH][CH][CH][CH]4)ncnc32)[C@H](O[Si](C)(C)C(C)(C)C)[C@@H]1O[Si](C)(C)C(C)(C)C.[CH]1[CH][CH][CH][CH]1.[Fe+2]. The van der Waals surface area contributed by atoms with E-state index in [-0.39, 0.29) is 44.4 Å². The van der Waals surface area contributed by atoms with Crippen LogP contribution in [0, 0.1) is 63.7 Å². The van der Waals surface area contributed by atoms with Crippen LogP contribution in [-0.2, 0) is 35.1 Å². The summed E-state index contributed by atoms with van der Waals surface area (Å²) >= 11 is 0. The Labute approximate surface area is 346 Å².